The van der Waals surface area contributed by atoms with Crippen molar-refractivity contribution in [2.45, 2.75) is 6.92 Å². The molecule has 0 aliphatic heterocycles. The van der Waals surface area contributed by atoms with E-state index in [9.17, 15) is 0 Å². The minimum atomic E-state index is 0.322. The van der Waals surface area contributed by atoms with Gasteiger partial charge in [-0.3, -0.25) is 0 Å². The highest BCUT2D eigenvalue weighted by atomic mass is 16.5. The van der Waals surface area contributed by atoms with Crippen molar-refractivity contribution in [3.63, 3.8) is 0 Å². The molecule has 1 aromatic carbocycles. The smallest absolute Gasteiger partial charge is 0.115 e. The Kier molecular flexibility index (Phi) is 7.95. The van der Waals surface area contributed by atoms with Crippen LogP contribution in [0.1, 0.15) is 6.92 Å². The number of ether oxygens (including phenoxy) is 1. The molecule has 2 nitrogen and oxygen atoms in total. The third-order valence-electron chi connectivity index (χ3n) is 1.20. The van der Waals surface area contributed by atoms with Gasteiger partial charge in [-0.15, -0.1) is 6.58 Å². The molecular formula is C11H16O2. The maximum Gasteiger partial charge on any atom is 0.115 e. The fourth-order valence-electron chi connectivity index (χ4n) is 0.629. The SMILES string of the molecule is C=CCOCC.Oc1ccccc1. The maximum atomic E-state index is 8.63. The van der Waals surface area contributed by atoms with E-state index in [1.54, 1.807) is 30.3 Å². The molecular weight excluding hydrogens is 164 g/mol. The van der Waals surface area contributed by atoms with Crippen LogP contribution in [0.5, 0.6) is 5.75 Å². The van der Waals surface area contributed by atoms with Crippen LogP contribution >= 0.6 is 0 Å². The fourth-order valence-corrected chi connectivity index (χ4v) is 0.629. The van der Waals surface area contributed by atoms with E-state index < -0.39 is 0 Å². The summed E-state index contributed by atoms with van der Waals surface area (Å²) in [4.78, 5) is 0. The highest BCUT2D eigenvalue weighted by Gasteiger charge is 1.74. The Hall–Kier alpha value is -1.28. The number of hydrogen-bond donors (Lipinski definition) is 1. The molecule has 0 aromatic heterocycles. The van der Waals surface area contributed by atoms with Crippen LogP contribution in [0.3, 0.4) is 0 Å². The predicted molar refractivity (Wildman–Crippen MR) is 54.8 cm³/mol. The van der Waals surface area contributed by atoms with Crippen molar-refractivity contribution in [3.8, 4) is 5.75 Å². The highest BCUT2D eigenvalue weighted by molar-refractivity contribution is 5.18. The Balaban J connectivity index is 0.000000226. The number of phenols is 1. The van der Waals surface area contributed by atoms with Gasteiger partial charge >= 0.3 is 0 Å². The monoisotopic (exact) mass is 180 g/mol. The molecule has 0 aliphatic carbocycles. The Morgan fingerprint density at radius 3 is 2.23 bits per heavy atom. The first kappa shape index (κ1) is 11.7. The van der Waals surface area contributed by atoms with Gasteiger partial charge in [-0.1, -0.05) is 24.3 Å². The summed E-state index contributed by atoms with van der Waals surface area (Å²) in [6.07, 6.45) is 1.74. The van der Waals surface area contributed by atoms with Gasteiger partial charge in [-0.25, -0.2) is 0 Å². The van der Waals surface area contributed by atoms with E-state index in [0.29, 0.717) is 12.4 Å². The number of rotatable bonds is 3. The Labute approximate surface area is 79.5 Å². The van der Waals surface area contributed by atoms with Gasteiger partial charge < -0.3 is 9.84 Å². The summed E-state index contributed by atoms with van der Waals surface area (Å²) in [6.45, 7) is 6.90. The van der Waals surface area contributed by atoms with Crippen molar-refractivity contribution in [2.75, 3.05) is 13.2 Å². The standard InChI is InChI=1S/C6H6O.C5H10O/c7-6-4-2-1-3-5-6;1-3-5-6-4-2/h1-5,7H;3H,1,4-5H2,2H3. The van der Waals surface area contributed by atoms with Crippen molar-refractivity contribution >= 4 is 0 Å². The van der Waals surface area contributed by atoms with E-state index in [1.165, 1.54) is 0 Å². The van der Waals surface area contributed by atoms with Crippen LogP contribution in [0.4, 0.5) is 0 Å². The maximum absolute atomic E-state index is 8.63. The summed E-state index contributed by atoms with van der Waals surface area (Å²) >= 11 is 0. The molecule has 0 saturated carbocycles. The lowest BCUT2D eigenvalue weighted by atomic mass is 10.3. The second-order valence-corrected chi connectivity index (χ2v) is 2.28. The minimum absolute atomic E-state index is 0.322. The molecule has 0 atom stereocenters. The molecule has 0 radical (unpaired) electrons. The molecule has 13 heavy (non-hydrogen) atoms. The molecule has 72 valence electrons. The second kappa shape index (κ2) is 8.81. The zero-order valence-corrected chi connectivity index (χ0v) is 7.94. The summed E-state index contributed by atoms with van der Waals surface area (Å²) in [6, 6.07) is 8.71. The summed E-state index contributed by atoms with van der Waals surface area (Å²) in [5.74, 6) is 0.322. The lowest BCUT2D eigenvalue weighted by Gasteiger charge is -1.88. The molecule has 0 fully saturated rings. The first-order chi connectivity index (χ1) is 6.31. The fraction of sp³-hybridized carbons (Fsp3) is 0.273. The topological polar surface area (TPSA) is 29.5 Å². The zero-order valence-electron chi connectivity index (χ0n) is 7.94. The van der Waals surface area contributed by atoms with E-state index >= 15 is 0 Å². The number of aromatic hydroxyl groups is 1. The molecule has 0 amide bonds. The van der Waals surface area contributed by atoms with E-state index in [4.69, 9.17) is 9.84 Å². The molecule has 1 rings (SSSR count). The van der Waals surface area contributed by atoms with E-state index in [1.807, 2.05) is 13.0 Å². The van der Waals surface area contributed by atoms with Crippen LogP contribution < -0.4 is 0 Å². The van der Waals surface area contributed by atoms with Crippen LogP contribution in [0.15, 0.2) is 43.0 Å². The van der Waals surface area contributed by atoms with E-state index in [0.717, 1.165) is 6.61 Å². The van der Waals surface area contributed by atoms with Crippen LogP contribution in [-0.4, -0.2) is 18.3 Å². The van der Waals surface area contributed by atoms with Gasteiger partial charge in [-0.05, 0) is 19.1 Å². The largest absolute Gasteiger partial charge is 0.508 e. The molecule has 1 N–H and O–H groups in total. The van der Waals surface area contributed by atoms with Crippen LogP contribution in [0, 0.1) is 0 Å². The summed E-state index contributed by atoms with van der Waals surface area (Å²) in [7, 11) is 0. The quantitative estimate of drug-likeness (QED) is 0.572. The van der Waals surface area contributed by atoms with Gasteiger partial charge in [0.2, 0.25) is 0 Å². The molecule has 0 unspecified atom stereocenters. The first-order valence-electron chi connectivity index (χ1n) is 4.24. The molecule has 2 heteroatoms. The van der Waals surface area contributed by atoms with Crippen molar-refractivity contribution in [1.29, 1.82) is 0 Å². The van der Waals surface area contributed by atoms with Gasteiger partial charge in [0.25, 0.3) is 0 Å². The molecule has 0 aliphatic rings. The van der Waals surface area contributed by atoms with Gasteiger partial charge in [0.1, 0.15) is 5.75 Å². The Morgan fingerprint density at radius 2 is 2.00 bits per heavy atom. The number of benzene rings is 1. The summed E-state index contributed by atoms with van der Waals surface area (Å²) in [5, 5.41) is 8.63. The summed E-state index contributed by atoms with van der Waals surface area (Å²) < 4.78 is 4.86. The van der Waals surface area contributed by atoms with Crippen molar-refractivity contribution in [2.24, 2.45) is 0 Å². The van der Waals surface area contributed by atoms with E-state index in [-0.39, 0.29) is 0 Å². The highest BCUT2D eigenvalue weighted by Crippen LogP contribution is 2.02. The van der Waals surface area contributed by atoms with E-state index in [2.05, 4.69) is 6.58 Å². The third kappa shape index (κ3) is 8.63. The van der Waals surface area contributed by atoms with Crippen molar-refractivity contribution in [3.05, 3.63) is 43.0 Å². The first-order valence-corrected chi connectivity index (χ1v) is 4.24. The van der Waals surface area contributed by atoms with Gasteiger partial charge in [-0.2, -0.15) is 0 Å². The minimum Gasteiger partial charge on any atom is -0.508 e. The van der Waals surface area contributed by atoms with Crippen LogP contribution in [-0.2, 0) is 4.74 Å². The molecule has 0 saturated heterocycles. The second-order valence-electron chi connectivity index (χ2n) is 2.28. The van der Waals surface area contributed by atoms with Crippen molar-refractivity contribution in [1.82, 2.24) is 0 Å². The van der Waals surface area contributed by atoms with Gasteiger partial charge in [0.05, 0.1) is 6.61 Å². The molecule has 0 spiro atoms. The van der Waals surface area contributed by atoms with Crippen molar-refractivity contribution < 1.29 is 9.84 Å². The Morgan fingerprint density at radius 1 is 1.38 bits per heavy atom. The zero-order chi connectivity index (χ0) is 9.94. The predicted octanol–water partition coefficient (Wildman–Crippen LogP) is 2.60. The van der Waals surface area contributed by atoms with Gasteiger partial charge in [0.15, 0.2) is 0 Å². The average molecular weight is 180 g/mol. The van der Waals surface area contributed by atoms with Crippen LogP contribution in [0.2, 0.25) is 0 Å². The molecule has 0 bridgehead atoms. The number of phenolic OH excluding ortho intramolecular Hbond substituents is 1. The number of para-hydroxylation sites is 1. The summed E-state index contributed by atoms with van der Waals surface area (Å²) in [5.41, 5.74) is 0. The molecule has 1 aromatic rings. The average Bonchev–Trinajstić information content (AvgIpc) is 2.17. The Bertz CT molecular complexity index is 207. The van der Waals surface area contributed by atoms with Gasteiger partial charge in [0, 0.05) is 6.61 Å². The normalized spacial score (nSPS) is 8.38. The molecule has 0 heterocycles. The van der Waals surface area contributed by atoms with Crippen LogP contribution in [0.25, 0.3) is 0 Å². The third-order valence-corrected chi connectivity index (χ3v) is 1.20. The lowest BCUT2D eigenvalue weighted by molar-refractivity contribution is 0.178. The lowest BCUT2D eigenvalue weighted by Crippen LogP contribution is -1.86. The number of hydrogen-bond acceptors (Lipinski definition) is 2.